The average molecular weight is 237 g/mol. The summed E-state index contributed by atoms with van der Waals surface area (Å²) in [5.74, 6) is 4.42. The van der Waals surface area contributed by atoms with Crippen LogP contribution in [-0.4, -0.2) is 27.6 Å². The predicted octanol–water partition coefficient (Wildman–Crippen LogP) is 2.62. The zero-order chi connectivity index (χ0) is 11.2. The van der Waals surface area contributed by atoms with E-state index in [0.29, 0.717) is 0 Å². The maximum atomic E-state index is 4.32. The van der Waals surface area contributed by atoms with Gasteiger partial charge in [0.2, 0.25) is 5.95 Å². The van der Waals surface area contributed by atoms with Crippen molar-refractivity contribution in [2.75, 3.05) is 23.4 Å². The zero-order valence-corrected chi connectivity index (χ0v) is 10.4. The fraction of sp³-hybridized carbons (Fsp3) is 0.583. The van der Waals surface area contributed by atoms with E-state index in [0.717, 1.165) is 25.0 Å². The fourth-order valence-corrected chi connectivity index (χ4v) is 3.20. The number of hydrogen-bond donors (Lipinski definition) is 1. The van der Waals surface area contributed by atoms with Crippen molar-refractivity contribution in [3.05, 3.63) is 25.0 Å². The molecule has 1 saturated heterocycles. The molecule has 0 atom stereocenters. The zero-order valence-electron chi connectivity index (χ0n) is 9.56. The van der Waals surface area contributed by atoms with Crippen LogP contribution >= 0.6 is 11.8 Å². The van der Waals surface area contributed by atoms with E-state index in [-0.39, 0.29) is 0 Å². The standard InChI is InChI=1S/C12H19N3S/c1-2-5-13-12-14-6-7-15(12)10-11-3-8-16-9-4-11/h2,6-7,11H,1,3-5,8-10H2,(H,13,14). The molecule has 4 heteroatoms. The van der Waals surface area contributed by atoms with Crippen molar-refractivity contribution >= 4 is 17.7 Å². The third-order valence-corrected chi connectivity index (χ3v) is 3.96. The number of anilines is 1. The van der Waals surface area contributed by atoms with Crippen LogP contribution in [0.25, 0.3) is 0 Å². The van der Waals surface area contributed by atoms with Crippen molar-refractivity contribution in [3.63, 3.8) is 0 Å². The Kier molecular flexibility index (Phi) is 4.34. The molecule has 3 nitrogen and oxygen atoms in total. The molecule has 0 bridgehead atoms. The van der Waals surface area contributed by atoms with Crippen molar-refractivity contribution in [3.8, 4) is 0 Å². The Balaban J connectivity index is 1.91. The highest BCUT2D eigenvalue weighted by Gasteiger charge is 2.15. The minimum absolute atomic E-state index is 0.775. The number of rotatable bonds is 5. The molecule has 1 fully saturated rings. The molecular formula is C12H19N3S. The summed E-state index contributed by atoms with van der Waals surface area (Å²) in [7, 11) is 0. The lowest BCUT2D eigenvalue weighted by atomic mass is 10.0. The summed E-state index contributed by atoms with van der Waals surface area (Å²) in [5.41, 5.74) is 0. The highest BCUT2D eigenvalue weighted by molar-refractivity contribution is 7.99. The van der Waals surface area contributed by atoms with Gasteiger partial charge in [-0.2, -0.15) is 11.8 Å². The molecule has 0 aromatic carbocycles. The maximum absolute atomic E-state index is 4.32. The molecule has 0 spiro atoms. The van der Waals surface area contributed by atoms with E-state index in [2.05, 4.69) is 39.4 Å². The normalized spacial score (nSPS) is 17.2. The first-order valence-electron chi connectivity index (χ1n) is 5.84. The fourth-order valence-electron chi connectivity index (χ4n) is 1.99. The lowest BCUT2D eigenvalue weighted by Crippen LogP contribution is -2.17. The lowest BCUT2D eigenvalue weighted by Gasteiger charge is -2.22. The SMILES string of the molecule is C=CCNc1nccn1CC1CCSCC1. The van der Waals surface area contributed by atoms with Crippen LogP contribution in [0, 0.1) is 5.92 Å². The molecule has 2 rings (SSSR count). The molecule has 0 radical (unpaired) electrons. The smallest absolute Gasteiger partial charge is 0.203 e. The van der Waals surface area contributed by atoms with Gasteiger partial charge < -0.3 is 9.88 Å². The summed E-state index contributed by atoms with van der Waals surface area (Å²) < 4.78 is 2.23. The van der Waals surface area contributed by atoms with Crippen LogP contribution in [0.3, 0.4) is 0 Å². The first kappa shape index (κ1) is 11.6. The molecule has 1 aliphatic heterocycles. The Morgan fingerprint density at radius 3 is 3.12 bits per heavy atom. The van der Waals surface area contributed by atoms with Crippen LogP contribution in [-0.2, 0) is 6.54 Å². The van der Waals surface area contributed by atoms with E-state index in [1.165, 1.54) is 24.3 Å². The second-order valence-electron chi connectivity index (χ2n) is 4.13. The Labute approximate surface area is 101 Å². The van der Waals surface area contributed by atoms with Crippen LogP contribution in [0.1, 0.15) is 12.8 Å². The molecule has 0 amide bonds. The van der Waals surface area contributed by atoms with Gasteiger partial charge in [-0.15, -0.1) is 6.58 Å². The Hall–Kier alpha value is -0.900. The van der Waals surface area contributed by atoms with E-state index in [1.54, 1.807) is 0 Å². The highest BCUT2D eigenvalue weighted by Crippen LogP contribution is 2.24. The molecule has 0 aliphatic carbocycles. The lowest BCUT2D eigenvalue weighted by molar-refractivity contribution is 0.419. The molecular weight excluding hydrogens is 218 g/mol. The maximum Gasteiger partial charge on any atom is 0.203 e. The highest BCUT2D eigenvalue weighted by atomic mass is 32.2. The van der Waals surface area contributed by atoms with Crippen LogP contribution in [0.5, 0.6) is 0 Å². The van der Waals surface area contributed by atoms with Crippen molar-refractivity contribution in [2.24, 2.45) is 5.92 Å². The number of nitrogens with one attached hydrogen (secondary N) is 1. The van der Waals surface area contributed by atoms with E-state index in [9.17, 15) is 0 Å². The molecule has 1 N–H and O–H groups in total. The number of aromatic nitrogens is 2. The number of nitrogens with zero attached hydrogens (tertiary/aromatic N) is 2. The molecule has 1 aromatic rings. The summed E-state index contributed by atoms with van der Waals surface area (Å²) in [5, 5.41) is 3.26. The molecule has 88 valence electrons. The molecule has 2 heterocycles. The second-order valence-corrected chi connectivity index (χ2v) is 5.35. The average Bonchev–Trinajstić information content (AvgIpc) is 2.75. The summed E-state index contributed by atoms with van der Waals surface area (Å²) in [4.78, 5) is 4.32. The van der Waals surface area contributed by atoms with Gasteiger partial charge in [0.05, 0.1) is 0 Å². The van der Waals surface area contributed by atoms with E-state index >= 15 is 0 Å². The summed E-state index contributed by atoms with van der Waals surface area (Å²) in [6, 6.07) is 0. The van der Waals surface area contributed by atoms with Crippen molar-refractivity contribution in [2.45, 2.75) is 19.4 Å². The van der Waals surface area contributed by atoms with E-state index < -0.39 is 0 Å². The largest absolute Gasteiger partial charge is 0.352 e. The Bertz CT molecular complexity index is 329. The van der Waals surface area contributed by atoms with Crippen LogP contribution in [0.2, 0.25) is 0 Å². The van der Waals surface area contributed by atoms with Gasteiger partial charge in [0.1, 0.15) is 0 Å². The van der Waals surface area contributed by atoms with Gasteiger partial charge in [-0.1, -0.05) is 6.08 Å². The molecule has 1 aromatic heterocycles. The van der Waals surface area contributed by atoms with Gasteiger partial charge in [-0.25, -0.2) is 4.98 Å². The van der Waals surface area contributed by atoms with Crippen LogP contribution in [0.15, 0.2) is 25.0 Å². The Morgan fingerprint density at radius 1 is 1.56 bits per heavy atom. The summed E-state index contributed by atoms with van der Waals surface area (Å²) >= 11 is 2.08. The Morgan fingerprint density at radius 2 is 2.38 bits per heavy atom. The third kappa shape index (κ3) is 3.04. The topological polar surface area (TPSA) is 29.9 Å². The summed E-state index contributed by atoms with van der Waals surface area (Å²) in [6.45, 7) is 5.58. The van der Waals surface area contributed by atoms with E-state index in [1.807, 2.05) is 12.3 Å². The van der Waals surface area contributed by atoms with Gasteiger partial charge >= 0.3 is 0 Å². The van der Waals surface area contributed by atoms with Crippen molar-refractivity contribution in [1.29, 1.82) is 0 Å². The van der Waals surface area contributed by atoms with Crippen molar-refractivity contribution < 1.29 is 0 Å². The first-order valence-corrected chi connectivity index (χ1v) is 6.99. The quantitative estimate of drug-likeness (QED) is 0.798. The van der Waals surface area contributed by atoms with Gasteiger partial charge in [0.25, 0.3) is 0 Å². The molecule has 1 aliphatic rings. The molecule has 0 unspecified atom stereocenters. The number of hydrogen-bond acceptors (Lipinski definition) is 3. The van der Waals surface area contributed by atoms with E-state index in [4.69, 9.17) is 0 Å². The van der Waals surface area contributed by atoms with Gasteiger partial charge in [-0.05, 0) is 30.3 Å². The monoisotopic (exact) mass is 237 g/mol. The summed E-state index contributed by atoms with van der Waals surface area (Å²) in [6.07, 6.45) is 8.46. The van der Waals surface area contributed by atoms with Gasteiger partial charge in [0, 0.05) is 25.5 Å². The van der Waals surface area contributed by atoms with Crippen LogP contribution < -0.4 is 5.32 Å². The second kappa shape index (κ2) is 5.99. The molecule has 0 saturated carbocycles. The minimum Gasteiger partial charge on any atom is -0.352 e. The number of thioether (sulfide) groups is 1. The third-order valence-electron chi connectivity index (χ3n) is 2.92. The van der Waals surface area contributed by atoms with Crippen molar-refractivity contribution in [1.82, 2.24) is 9.55 Å². The minimum atomic E-state index is 0.775. The first-order chi connectivity index (χ1) is 7.90. The molecule has 16 heavy (non-hydrogen) atoms. The van der Waals surface area contributed by atoms with Gasteiger partial charge in [-0.3, -0.25) is 0 Å². The van der Waals surface area contributed by atoms with Gasteiger partial charge in [0.15, 0.2) is 0 Å². The number of imidazole rings is 1. The predicted molar refractivity (Wildman–Crippen MR) is 71.0 cm³/mol. The van der Waals surface area contributed by atoms with Crippen LogP contribution in [0.4, 0.5) is 5.95 Å².